The fraction of sp³-hybridized carbons (Fsp3) is 0.130. The number of amides is 1. The number of nitriles is 1. The first-order chi connectivity index (χ1) is 14.2. The number of carbonyl (C=O) groups is 1. The van der Waals surface area contributed by atoms with Gasteiger partial charge in [-0.25, -0.2) is 0 Å². The van der Waals surface area contributed by atoms with Crippen LogP contribution in [0.4, 0.5) is 0 Å². The Morgan fingerprint density at radius 3 is 2.90 bits per heavy atom. The molecule has 1 aromatic heterocycles. The standard InChI is InChI=1S/C23H19N3O3/c1-2-9-26-14-18(19-5-3-4-6-20(19)26)11-17(12-24)23(27)25-13-16-7-8-21-22(10-16)29-15-28-21/h2-8,10-11,14H,1,9,13,15H2,(H,25,27)/b17-11+. The molecule has 4 rings (SSSR count). The first-order valence-electron chi connectivity index (χ1n) is 9.17. The van der Waals surface area contributed by atoms with Gasteiger partial charge in [-0.15, -0.1) is 6.58 Å². The van der Waals surface area contributed by atoms with Crippen LogP contribution in [-0.4, -0.2) is 17.3 Å². The number of allylic oxidation sites excluding steroid dienone is 1. The van der Waals surface area contributed by atoms with E-state index in [-0.39, 0.29) is 18.9 Å². The Morgan fingerprint density at radius 2 is 2.07 bits per heavy atom. The molecule has 1 aliphatic rings. The van der Waals surface area contributed by atoms with Crippen molar-refractivity contribution in [3.63, 3.8) is 0 Å². The molecule has 0 bridgehead atoms. The van der Waals surface area contributed by atoms with Gasteiger partial charge in [0.05, 0.1) is 0 Å². The third-order valence-corrected chi connectivity index (χ3v) is 4.70. The molecule has 0 aliphatic carbocycles. The quantitative estimate of drug-likeness (QED) is 0.398. The van der Waals surface area contributed by atoms with Crippen molar-refractivity contribution in [3.05, 3.63) is 78.0 Å². The maximum atomic E-state index is 12.6. The predicted molar refractivity (Wildman–Crippen MR) is 110 cm³/mol. The highest BCUT2D eigenvalue weighted by atomic mass is 16.7. The van der Waals surface area contributed by atoms with Gasteiger partial charge < -0.3 is 19.4 Å². The zero-order valence-electron chi connectivity index (χ0n) is 15.7. The molecule has 0 radical (unpaired) electrons. The van der Waals surface area contributed by atoms with Crippen molar-refractivity contribution in [2.45, 2.75) is 13.1 Å². The molecule has 1 amide bonds. The molecule has 6 heteroatoms. The van der Waals surface area contributed by atoms with Crippen LogP contribution in [0.1, 0.15) is 11.1 Å². The van der Waals surface area contributed by atoms with Crippen molar-refractivity contribution in [2.24, 2.45) is 0 Å². The summed E-state index contributed by atoms with van der Waals surface area (Å²) in [6.45, 7) is 4.91. The van der Waals surface area contributed by atoms with E-state index in [1.807, 2.05) is 59.3 Å². The summed E-state index contributed by atoms with van der Waals surface area (Å²) in [6.07, 6.45) is 5.36. The third-order valence-electron chi connectivity index (χ3n) is 4.70. The van der Waals surface area contributed by atoms with Gasteiger partial charge in [-0.1, -0.05) is 30.3 Å². The Bertz CT molecular complexity index is 1170. The number of para-hydroxylation sites is 1. The number of hydrogen-bond donors (Lipinski definition) is 1. The van der Waals surface area contributed by atoms with E-state index in [2.05, 4.69) is 11.9 Å². The minimum Gasteiger partial charge on any atom is -0.454 e. The molecule has 3 aromatic rings. The lowest BCUT2D eigenvalue weighted by molar-refractivity contribution is -0.117. The average Bonchev–Trinajstić information content (AvgIpc) is 3.35. The Labute approximate surface area is 168 Å². The maximum absolute atomic E-state index is 12.6. The fourth-order valence-corrected chi connectivity index (χ4v) is 3.31. The van der Waals surface area contributed by atoms with Crippen LogP contribution in [0.3, 0.4) is 0 Å². The van der Waals surface area contributed by atoms with Gasteiger partial charge in [0.15, 0.2) is 11.5 Å². The van der Waals surface area contributed by atoms with Crippen LogP contribution in [0, 0.1) is 11.3 Å². The van der Waals surface area contributed by atoms with Crippen LogP contribution in [0.2, 0.25) is 0 Å². The number of nitrogens with one attached hydrogen (secondary N) is 1. The largest absolute Gasteiger partial charge is 0.454 e. The topological polar surface area (TPSA) is 76.3 Å². The van der Waals surface area contributed by atoms with Gasteiger partial charge in [-0.05, 0) is 29.8 Å². The van der Waals surface area contributed by atoms with Gasteiger partial charge in [-0.2, -0.15) is 5.26 Å². The molecule has 0 atom stereocenters. The fourth-order valence-electron chi connectivity index (χ4n) is 3.31. The number of carbonyl (C=O) groups excluding carboxylic acids is 1. The van der Waals surface area contributed by atoms with E-state index in [0.717, 1.165) is 22.0 Å². The second kappa shape index (κ2) is 7.95. The number of fused-ring (bicyclic) bond motifs is 2. The second-order valence-electron chi connectivity index (χ2n) is 6.58. The highest BCUT2D eigenvalue weighted by molar-refractivity contribution is 6.04. The highest BCUT2D eigenvalue weighted by Crippen LogP contribution is 2.32. The first-order valence-corrected chi connectivity index (χ1v) is 9.17. The van der Waals surface area contributed by atoms with Gasteiger partial charge in [-0.3, -0.25) is 4.79 Å². The van der Waals surface area contributed by atoms with E-state index in [4.69, 9.17) is 9.47 Å². The maximum Gasteiger partial charge on any atom is 0.262 e. The summed E-state index contributed by atoms with van der Waals surface area (Å²) >= 11 is 0. The van der Waals surface area contributed by atoms with Crippen molar-refractivity contribution in [3.8, 4) is 17.6 Å². The van der Waals surface area contributed by atoms with Crippen LogP contribution in [0.25, 0.3) is 17.0 Å². The molecule has 1 N–H and O–H groups in total. The minimum atomic E-state index is -0.425. The van der Waals surface area contributed by atoms with E-state index in [0.29, 0.717) is 18.0 Å². The number of nitrogens with zero attached hydrogens (tertiary/aromatic N) is 2. The molecule has 144 valence electrons. The van der Waals surface area contributed by atoms with Crippen LogP contribution in [0.15, 0.2) is 66.9 Å². The van der Waals surface area contributed by atoms with Crippen LogP contribution >= 0.6 is 0 Å². The van der Waals surface area contributed by atoms with Crippen molar-refractivity contribution >= 4 is 22.9 Å². The van der Waals surface area contributed by atoms with Crippen LogP contribution in [-0.2, 0) is 17.9 Å². The van der Waals surface area contributed by atoms with E-state index in [1.54, 1.807) is 12.1 Å². The van der Waals surface area contributed by atoms with Gasteiger partial charge >= 0.3 is 0 Å². The summed E-state index contributed by atoms with van der Waals surface area (Å²) in [6, 6.07) is 15.4. The summed E-state index contributed by atoms with van der Waals surface area (Å²) in [7, 11) is 0. The molecular weight excluding hydrogens is 366 g/mol. The number of aromatic nitrogens is 1. The second-order valence-corrected chi connectivity index (χ2v) is 6.58. The Balaban J connectivity index is 1.55. The van der Waals surface area contributed by atoms with Crippen molar-refractivity contribution in [2.75, 3.05) is 6.79 Å². The Kier molecular flexibility index (Phi) is 5.04. The highest BCUT2D eigenvalue weighted by Gasteiger charge is 2.15. The molecule has 1 aliphatic heterocycles. The molecule has 0 saturated heterocycles. The van der Waals surface area contributed by atoms with Crippen molar-refractivity contribution in [1.82, 2.24) is 9.88 Å². The number of rotatable bonds is 6. The zero-order chi connectivity index (χ0) is 20.2. The van der Waals surface area contributed by atoms with Crippen LogP contribution < -0.4 is 14.8 Å². The van der Waals surface area contributed by atoms with E-state index in [9.17, 15) is 10.1 Å². The van der Waals surface area contributed by atoms with Gasteiger partial charge in [0.2, 0.25) is 6.79 Å². The predicted octanol–water partition coefficient (Wildman–Crippen LogP) is 3.78. The summed E-state index contributed by atoms with van der Waals surface area (Å²) in [5, 5.41) is 13.3. The smallest absolute Gasteiger partial charge is 0.262 e. The van der Waals surface area contributed by atoms with E-state index in [1.165, 1.54) is 0 Å². The average molecular weight is 385 g/mol. The van der Waals surface area contributed by atoms with E-state index < -0.39 is 5.91 Å². The normalized spacial score (nSPS) is 12.6. The lowest BCUT2D eigenvalue weighted by Gasteiger charge is -2.05. The van der Waals surface area contributed by atoms with Gasteiger partial charge in [0.1, 0.15) is 11.6 Å². The van der Waals surface area contributed by atoms with Crippen molar-refractivity contribution < 1.29 is 14.3 Å². The number of ether oxygens (including phenoxy) is 2. The molecule has 0 spiro atoms. The zero-order valence-corrected chi connectivity index (χ0v) is 15.7. The number of hydrogen-bond acceptors (Lipinski definition) is 4. The molecule has 2 aromatic carbocycles. The van der Waals surface area contributed by atoms with Gasteiger partial charge in [0, 0.05) is 35.8 Å². The summed E-state index contributed by atoms with van der Waals surface area (Å²) in [4.78, 5) is 12.6. The molecule has 29 heavy (non-hydrogen) atoms. The molecule has 0 unspecified atom stereocenters. The van der Waals surface area contributed by atoms with Crippen LogP contribution in [0.5, 0.6) is 11.5 Å². The minimum absolute atomic E-state index is 0.0484. The summed E-state index contributed by atoms with van der Waals surface area (Å²) < 4.78 is 12.7. The molecule has 2 heterocycles. The molecular formula is C23H19N3O3. The number of benzene rings is 2. The molecule has 0 saturated carbocycles. The Hall–Kier alpha value is -3.98. The van der Waals surface area contributed by atoms with Gasteiger partial charge in [0.25, 0.3) is 5.91 Å². The first kappa shape index (κ1) is 18.4. The monoisotopic (exact) mass is 385 g/mol. The molecule has 0 fully saturated rings. The van der Waals surface area contributed by atoms with Crippen molar-refractivity contribution in [1.29, 1.82) is 5.26 Å². The summed E-state index contributed by atoms with van der Waals surface area (Å²) in [5.41, 5.74) is 2.75. The third kappa shape index (κ3) is 3.71. The summed E-state index contributed by atoms with van der Waals surface area (Å²) in [5.74, 6) is 0.919. The molecule has 6 nitrogen and oxygen atoms in total. The Morgan fingerprint density at radius 1 is 1.24 bits per heavy atom. The SMILES string of the molecule is C=CCn1cc(/C=C(\C#N)C(=O)NCc2ccc3c(c2)OCO3)c2ccccc21. The lowest BCUT2D eigenvalue weighted by atomic mass is 10.1. The van der Waals surface area contributed by atoms with E-state index >= 15 is 0 Å². The lowest BCUT2D eigenvalue weighted by Crippen LogP contribution is -2.23.